The maximum absolute atomic E-state index is 4.51. The Labute approximate surface area is 92.1 Å². The van der Waals surface area contributed by atoms with Crippen LogP contribution in [-0.4, -0.2) is 9.97 Å². The van der Waals surface area contributed by atoms with E-state index in [0.717, 1.165) is 6.42 Å². The Bertz CT molecular complexity index is 363. The predicted molar refractivity (Wildman–Crippen MR) is 62.1 cm³/mol. The molecule has 1 atom stereocenters. The molecule has 82 valence electrons. The number of nitrogens with zero attached hydrogens (tertiary/aromatic N) is 2. The molecule has 0 saturated heterocycles. The second-order valence-electron chi connectivity index (χ2n) is 5.48. The average molecular weight is 204 g/mol. The molecule has 2 rings (SSSR count). The average Bonchev–Trinajstić information content (AvgIpc) is 2.58. The van der Waals surface area contributed by atoms with E-state index in [2.05, 4.69) is 37.7 Å². The van der Waals surface area contributed by atoms with E-state index in [1.807, 2.05) is 0 Å². The third-order valence-corrected chi connectivity index (χ3v) is 3.31. The monoisotopic (exact) mass is 204 g/mol. The minimum absolute atomic E-state index is 0.144. The highest BCUT2D eigenvalue weighted by Crippen LogP contribution is 2.39. The predicted octanol–water partition coefficient (Wildman–Crippen LogP) is 3.21. The number of aromatic nitrogens is 2. The van der Waals surface area contributed by atoms with Crippen molar-refractivity contribution >= 4 is 0 Å². The fourth-order valence-corrected chi connectivity index (χ4v) is 2.52. The fourth-order valence-electron chi connectivity index (χ4n) is 2.52. The van der Waals surface area contributed by atoms with E-state index in [4.69, 9.17) is 0 Å². The molecular formula is C13H20N2. The lowest BCUT2D eigenvalue weighted by Crippen LogP contribution is -2.18. The van der Waals surface area contributed by atoms with Crippen molar-refractivity contribution in [3.8, 4) is 0 Å². The number of rotatable bonds is 1. The minimum Gasteiger partial charge on any atom is -0.241 e. The Balaban J connectivity index is 2.54. The van der Waals surface area contributed by atoms with E-state index in [0.29, 0.717) is 5.92 Å². The summed E-state index contributed by atoms with van der Waals surface area (Å²) in [4.78, 5) is 8.93. The molecule has 2 nitrogen and oxygen atoms in total. The molecule has 2 heteroatoms. The standard InChI is InChI=1S/C13H20N2/c1-5-9-6-7-10-11(9)12(13(2,3)4)15-8-14-10/h8-9H,5-7H2,1-4H3/t9-/m1/s1. The van der Waals surface area contributed by atoms with Crippen LogP contribution in [0, 0.1) is 0 Å². The van der Waals surface area contributed by atoms with Crippen molar-refractivity contribution in [2.24, 2.45) is 0 Å². The zero-order chi connectivity index (χ0) is 11.1. The molecule has 1 aliphatic rings. The fraction of sp³-hybridized carbons (Fsp3) is 0.692. The molecule has 0 amide bonds. The van der Waals surface area contributed by atoms with Crippen molar-refractivity contribution in [3.05, 3.63) is 23.3 Å². The first kappa shape index (κ1) is 10.6. The summed E-state index contributed by atoms with van der Waals surface area (Å²) < 4.78 is 0. The first-order chi connectivity index (χ1) is 7.04. The topological polar surface area (TPSA) is 25.8 Å². The van der Waals surface area contributed by atoms with Crippen LogP contribution in [-0.2, 0) is 11.8 Å². The van der Waals surface area contributed by atoms with Gasteiger partial charge in [-0.2, -0.15) is 0 Å². The Morgan fingerprint density at radius 1 is 1.33 bits per heavy atom. The second kappa shape index (κ2) is 3.58. The first-order valence-electron chi connectivity index (χ1n) is 5.88. The summed E-state index contributed by atoms with van der Waals surface area (Å²) in [7, 11) is 0. The van der Waals surface area contributed by atoms with Crippen LogP contribution in [0.2, 0.25) is 0 Å². The number of aryl methyl sites for hydroxylation is 1. The van der Waals surface area contributed by atoms with Gasteiger partial charge in [-0.05, 0) is 30.7 Å². The Kier molecular flexibility index (Phi) is 2.53. The van der Waals surface area contributed by atoms with Crippen molar-refractivity contribution < 1.29 is 0 Å². The van der Waals surface area contributed by atoms with Crippen molar-refractivity contribution in [1.82, 2.24) is 9.97 Å². The van der Waals surface area contributed by atoms with Gasteiger partial charge in [0.2, 0.25) is 0 Å². The Morgan fingerprint density at radius 2 is 2.07 bits per heavy atom. The van der Waals surface area contributed by atoms with Crippen LogP contribution in [0.25, 0.3) is 0 Å². The normalized spacial score (nSPS) is 20.4. The number of hydrogen-bond acceptors (Lipinski definition) is 2. The maximum atomic E-state index is 4.51. The van der Waals surface area contributed by atoms with Gasteiger partial charge in [-0.25, -0.2) is 9.97 Å². The minimum atomic E-state index is 0.144. The van der Waals surface area contributed by atoms with Crippen LogP contribution < -0.4 is 0 Å². The van der Waals surface area contributed by atoms with Crippen LogP contribution in [0.3, 0.4) is 0 Å². The Morgan fingerprint density at radius 3 is 2.67 bits per heavy atom. The highest BCUT2D eigenvalue weighted by Gasteiger charge is 2.30. The molecule has 15 heavy (non-hydrogen) atoms. The molecule has 0 spiro atoms. The van der Waals surface area contributed by atoms with Crippen LogP contribution >= 0.6 is 0 Å². The zero-order valence-electron chi connectivity index (χ0n) is 10.2. The van der Waals surface area contributed by atoms with E-state index in [1.54, 1.807) is 6.33 Å². The molecule has 1 aromatic rings. The van der Waals surface area contributed by atoms with E-state index < -0.39 is 0 Å². The Hall–Kier alpha value is -0.920. The molecule has 1 aliphatic carbocycles. The molecule has 0 radical (unpaired) electrons. The van der Waals surface area contributed by atoms with Gasteiger partial charge in [-0.3, -0.25) is 0 Å². The number of hydrogen-bond donors (Lipinski definition) is 0. The summed E-state index contributed by atoms with van der Waals surface area (Å²) in [5.74, 6) is 0.690. The summed E-state index contributed by atoms with van der Waals surface area (Å²) >= 11 is 0. The molecule has 0 fully saturated rings. The quantitative estimate of drug-likeness (QED) is 0.702. The first-order valence-corrected chi connectivity index (χ1v) is 5.88. The smallest absolute Gasteiger partial charge is 0.115 e. The van der Waals surface area contributed by atoms with Gasteiger partial charge in [0.05, 0.1) is 5.69 Å². The van der Waals surface area contributed by atoms with Gasteiger partial charge in [0.1, 0.15) is 6.33 Å². The van der Waals surface area contributed by atoms with Gasteiger partial charge < -0.3 is 0 Å². The SMILES string of the molecule is CC[C@@H]1CCc2ncnc(C(C)(C)C)c21. The highest BCUT2D eigenvalue weighted by atomic mass is 14.9. The summed E-state index contributed by atoms with van der Waals surface area (Å²) in [6.45, 7) is 8.97. The van der Waals surface area contributed by atoms with Gasteiger partial charge in [-0.1, -0.05) is 27.7 Å². The van der Waals surface area contributed by atoms with Crippen LogP contribution in [0.4, 0.5) is 0 Å². The lowest BCUT2D eigenvalue weighted by molar-refractivity contribution is 0.544. The van der Waals surface area contributed by atoms with Crippen LogP contribution in [0.1, 0.15) is 63.4 Å². The van der Waals surface area contributed by atoms with E-state index in [-0.39, 0.29) is 5.41 Å². The van der Waals surface area contributed by atoms with Gasteiger partial charge in [0.25, 0.3) is 0 Å². The van der Waals surface area contributed by atoms with Gasteiger partial charge in [0, 0.05) is 11.1 Å². The van der Waals surface area contributed by atoms with E-state index in [9.17, 15) is 0 Å². The van der Waals surface area contributed by atoms with Crippen LogP contribution in [0.5, 0.6) is 0 Å². The largest absolute Gasteiger partial charge is 0.241 e. The summed E-state index contributed by atoms with van der Waals surface area (Å²) in [6, 6.07) is 0. The molecule has 0 bridgehead atoms. The number of fused-ring (bicyclic) bond motifs is 1. The van der Waals surface area contributed by atoms with Crippen molar-refractivity contribution in [2.75, 3.05) is 0 Å². The summed E-state index contributed by atoms with van der Waals surface area (Å²) in [5, 5.41) is 0. The molecular weight excluding hydrogens is 184 g/mol. The third-order valence-electron chi connectivity index (χ3n) is 3.31. The van der Waals surface area contributed by atoms with Crippen molar-refractivity contribution in [1.29, 1.82) is 0 Å². The molecule has 0 saturated carbocycles. The molecule has 1 aromatic heterocycles. The van der Waals surface area contributed by atoms with Crippen LogP contribution in [0.15, 0.2) is 6.33 Å². The van der Waals surface area contributed by atoms with Crippen molar-refractivity contribution in [3.63, 3.8) is 0 Å². The van der Waals surface area contributed by atoms with Gasteiger partial charge in [-0.15, -0.1) is 0 Å². The lowest BCUT2D eigenvalue weighted by atomic mass is 9.84. The maximum Gasteiger partial charge on any atom is 0.115 e. The van der Waals surface area contributed by atoms with Gasteiger partial charge >= 0.3 is 0 Å². The molecule has 0 aromatic carbocycles. The summed E-state index contributed by atoms with van der Waals surface area (Å²) in [5.41, 5.74) is 4.15. The van der Waals surface area contributed by atoms with E-state index in [1.165, 1.54) is 29.8 Å². The second-order valence-corrected chi connectivity index (χ2v) is 5.48. The molecule has 0 unspecified atom stereocenters. The van der Waals surface area contributed by atoms with E-state index >= 15 is 0 Å². The third kappa shape index (κ3) is 1.77. The summed E-state index contributed by atoms with van der Waals surface area (Å²) in [6.07, 6.45) is 5.34. The lowest BCUT2D eigenvalue weighted by Gasteiger charge is -2.23. The van der Waals surface area contributed by atoms with Gasteiger partial charge in [0.15, 0.2) is 0 Å². The van der Waals surface area contributed by atoms with Crippen molar-refractivity contribution in [2.45, 2.75) is 58.3 Å². The molecule has 0 N–H and O–H groups in total. The zero-order valence-corrected chi connectivity index (χ0v) is 10.2. The molecule has 0 aliphatic heterocycles. The molecule has 1 heterocycles. The highest BCUT2D eigenvalue weighted by molar-refractivity contribution is 5.36.